The quantitative estimate of drug-likeness (QED) is 0.650. The van der Waals surface area contributed by atoms with E-state index in [9.17, 15) is 18.0 Å². The molecule has 0 saturated carbocycles. The lowest BCUT2D eigenvalue weighted by atomic mass is 10.1. The summed E-state index contributed by atoms with van der Waals surface area (Å²) < 4.78 is 26.8. The van der Waals surface area contributed by atoms with Gasteiger partial charge in [-0.05, 0) is 54.6 Å². The number of rotatable bonds is 3. The standard InChI is InChI=1S/C21H19N3O4S/c1-13-9-10-16(11-14(13)2)21(26)23-22-19(25)12-24-17-7-3-5-15-6-4-8-18(20(15)17)29(24,27)28/h3-11H,12H2,1-2H3,(H,22,25)(H,23,26). The van der Waals surface area contributed by atoms with Crippen LogP contribution < -0.4 is 15.2 Å². The normalized spacial score (nSPS) is 14.1. The summed E-state index contributed by atoms with van der Waals surface area (Å²) in [4.78, 5) is 24.8. The van der Waals surface area contributed by atoms with E-state index >= 15 is 0 Å². The first kappa shape index (κ1) is 18.9. The molecule has 0 atom stereocenters. The summed E-state index contributed by atoms with van der Waals surface area (Å²) in [5.41, 5.74) is 7.49. The van der Waals surface area contributed by atoms with E-state index in [4.69, 9.17) is 0 Å². The van der Waals surface area contributed by atoms with Crippen molar-refractivity contribution in [2.45, 2.75) is 18.7 Å². The molecular formula is C21H19N3O4S. The molecule has 0 spiro atoms. The van der Waals surface area contributed by atoms with Gasteiger partial charge in [-0.15, -0.1) is 0 Å². The van der Waals surface area contributed by atoms with Crippen LogP contribution in [0, 0.1) is 13.8 Å². The van der Waals surface area contributed by atoms with Crippen LogP contribution in [0.5, 0.6) is 0 Å². The fourth-order valence-corrected chi connectivity index (χ4v) is 5.05. The van der Waals surface area contributed by atoms with Crippen molar-refractivity contribution >= 4 is 38.3 Å². The maximum atomic E-state index is 12.9. The molecule has 0 fully saturated rings. The van der Waals surface area contributed by atoms with Gasteiger partial charge in [-0.3, -0.25) is 24.7 Å². The Morgan fingerprint density at radius 2 is 1.66 bits per heavy atom. The maximum Gasteiger partial charge on any atom is 0.269 e. The first-order valence-electron chi connectivity index (χ1n) is 9.00. The molecule has 4 rings (SSSR count). The van der Waals surface area contributed by atoms with Gasteiger partial charge in [0.05, 0.1) is 10.6 Å². The number of anilines is 1. The largest absolute Gasteiger partial charge is 0.271 e. The number of nitrogens with zero attached hydrogens (tertiary/aromatic N) is 1. The minimum atomic E-state index is -3.83. The number of nitrogens with one attached hydrogen (secondary N) is 2. The van der Waals surface area contributed by atoms with E-state index in [0.717, 1.165) is 20.8 Å². The van der Waals surface area contributed by atoms with E-state index in [1.54, 1.807) is 30.3 Å². The average Bonchev–Trinajstić information content (AvgIpc) is 2.91. The molecule has 0 unspecified atom stereocenters. The van der Waals surface area contributed by atoms with Gasteiger partial charge in [0.25, 0.3) is 21.8 Å². The van der Waals surface area contributed by atoms with Gasteiger partial charge in [-0.1, -0.05) is 30.3 Å². The third kappa shape index (κ3) is 3.21. The van der Waals surface area contributed by atoms with Gasteiger partial charge in [0.1, 0.15) is 6.54 Å². The summed E-state index contributed by atoms with van der Waals surface area (Å²) >= 11 is 0. The third-order valence-corrected chi connectivity index (χ3v) is 6.86. The van der Waals surface area contributed by atoms with Crippen molar-refractivity contribution in [2.24, 2.45) is 0 Å². The van der Waals surface area contributed by atoms with Crippen molar-refractivity contribution in [3.05, 3.63) is 71.3 Å². The second-order valence-corrected chi connectivity index (χ2v) is 8.78. The van der Waals surface area contributed by atoms with Crippen molar-refractivity contribution in [1.82, 2.24) is 10.9 Å². The van der Waals surface area contributed by atoms with E-state index < -0.39 is 28.4 Å². The minimum Gasteiger partial charge on any atom is -0.271 e. The monoisotopic (exact) mass is 409 g/mol. The highest BCUT2D eigenvalue weighted by molar-refractivity contribution is 7.93. The molecule has 3 aromatic carbocycles. The third-order valence-electron chi connectivity index (χ3n) is 5.05. The summed E-state index contributed by atoms with van der Waals surface area (Å²) in [5, 5.41) is 1.39. The van der Waals surface area contributed by atoms with Crippen LogP contribution in [-0.2, 0) is 14.8 Å². The Bertz CT molecular complexity index is 1260. The number of aryl methyl sites for hydroxylation is 2. The number of amides is 2. The maximum absolute atomic E-state index is 12.9. The van der Waals surface area contributed by atoms with Gasteiger partial charge in [0.15, 0.2) is 0 Å². The van der Waals surface area contributed by atoms with Crippen molar-refractivity contribution in [3.8, 4) is 0 Å². The van der Waals surface area contributed by atoms with E-state index in [-0.39, 0.29) is 4.90 Å². The van der Waals surface area contributed by atoms with Crippen LogP contribution in [0.3, 0.4) is 0 Å². The summed E-state index contributed by atoms with van der Waals surface area (Å²) in [7, 11) is -3.83. The van der Waals surface area contributed by atoms with E-state index in [0.29, 0.717) is 16.6 Å². The fraction of sp³-hybridized carbons (Fsp3) is 0.143. The van der Waals surface area contributed by atoms with Crippen LogP contribution in [0.1, 0.15) is 21.5 Å². The Hall–Kier alpha value is -3.39. The van der Waals surface area contributed by atoms with Crippen molar-refractivity contribution in [3.63, 3.8) is 0 Å². The molecule has 0 radical (unpaired) electrons. The Balaban J connectivity index is 1.50. The molecule has 8 heteroatoms. The molecule has 0 bridgehead atoms. The summed E-state index contributed by atoms with van der Waals surface area (Å²) in [6.45, 7) is 3.39. The molecule has 1 aliphatic rings. The highest BCUT2D eigenvalue weighted by Gasteiger charge is 2.36. The summed E-state index contributed by atoms with van der Waals surface area (Å²) in [5.74, 6) is -1.12. The summed E-state index contributed by atoms with van der Waals surface area (Å²) in [6, 6.07) is 15.5. The first-order valence-corrected chi connectivity index (χ1v) is 10.4. The molecular weight excluding hydrogens is 390 g/mol. The smallest absolute Gasteiger partial charge is 0.269 e. The molecule has 7 nitrogen and oxygen atoms in total. The highest BCUT2D eigenvalue weighted by Crippen LogP contribution is 2.41. The lowest BCUT2D eigenvalue weighted by Gasteiger charge is -2.18. The number of carbonyl (C=O) groups excluding carboxylic acids is 2. The van der Waals surface area contributed by atoms with Gasteiger partial charge >= 0.3 is 0 Å². The van der Waals surface area contributed by atoms with E-state index in [2.05, 4.69) is 10.9 Å². The molecule has 1 aliphatic heterocycles. The number of benzene rings is 3. The second-order valence-electron chi connectivity index (χ2n) is 6.94. The second kappa shape index (κ2) is 6.89. The SMILES string of the molecule is Cc1ccc(C(=O)NNC(=O)CN2c3cccc4cccc(c34)S2(=O)=O)cc1C. The van der Waals surface area contributed by atoms with Gasteiger partial charge < -0.3 is 0 Å². The van der Waals surface area contributed by atoms with Gasteiger partial charge in [0.2, 0.25) is 0 Å². The van der Waals surface area contributed by atoms with Crippen LogP contribution in [0.15, 0.2) is 59.5 Å². The topological polar surface area (TPSA) is 95.6 Å². The molecule has 0 aromatic heterocycles. The molecule has 148 valence electrons. The number of carbonyl (C=O) groups is 2. The molecule has 0 saturated heterocycles. The number of hydrogen-bond donors (Lipinski definition) is 2. The fourth-order valence-electron chi connectivity index (χ4n) is 3.38. The number of hydrazine groups is 1. The Labute approximate surface area is 168 Å². The van der Waals surface area contributed by atoms with E-state index in [1.807, 2.05) is 32.0 Å². The van der Waals surface area contributed by atoms with Gasteiger partial charge in [0, 0.05) is 10.9 Å². The van der Waals surface area contributed by atoms with Gasteiger partial charge in [-0.2, -0.15) is 0 Å². The molecule has 3 aromatic rings. The Morgan fingerprint density at radius 1 is 0.931 bits per heavy atom. The van der Waals surface area contributed by atoms with Crippen molar-refractivity contribution < 1.29 is 18.0 Å². The Morgan fingerprint density at radius 3 is 2.38 bits per heavy atom. The minimum absolute atomic E-state index is 0.178. The van der Waals surface area contributed by atoms with E-state index in [1.165, 1.54) is 6.07 Å². The molecule has 1 heterocycles. The molecule has 0 aliphatic carbocycles. The predicted octanol–water partition coefficient (Wildman–Crippen LogP) is 2.43. The summed E-state index contributed by atoms with van der Waals surface area (Å²) in [6.07, 6.45) is 0. The van der Waals surface area contributed by atoms with Crippen molar-refractivity contribution in [2.75, 3.05) is 10.8 Å². The molecule has 29 heavy (non-hydrogen) atoms. The van der Waals surface area contributed by atoms with Crippen LogP contribution >= 0.6 is 0 Å². The predicted molar refractivity (Wildman–Crippen MR) is 110 cm³/mol. The van der Waals surface area contributed by atoms with Crippen LogP contribution in [-0.4, -0.2) is 26.8 Å². The molecule has 2 amide bonds. The lowest BCUT2D eigenvalue weighted by molar-refractivity contribution is -0.120. The van der Waals surface area contributed by atoms with Crippen LogP contribution in [0.2, 0.25) is 0 Å². The zero-order valence-electron chi connectivity index (χ0n) is 15.9. The highest BCUT2D eigenvalue weighted by atomic mass is 32.2. The first-order chi connectivity index (χ1) is 13.8. The average molecular weight is 409 g/mol. The Kier molecular flexibility index (Phi) is 4.50. The molecule has 2 N–H and O–H groups in total. The zero-order valence-corrected chi connectivity index (χ0v) is 16.7. The zero-order chi connectivity index (χ0) is 20.8. The van der Waals surface area contributed by atoms with Gasteiger partial charge in [-0.25, -0.2) is 8.42 Å². The number of sulfonamides is 1. The number of hydrogen-bond acceptors (Lipinski definition) is 4. The van der Waals surface area contributed by atoms with Crippen LogP contribution in [0.25, 0.3) is 10.8 Å². The lowest BCUT2D eigenvalue weighted by Crippen LogP contribution is -2.47. The van der Waals surface area contributed by atoms with Crippen LogP contribution in [0.4, 0.5) is 5.69 Å². The van der Waals surface area contributed by atoms with Crippen molar-refractivity contribution in [1.29, 1.82) is 0 Å².